The zero-order valence-corrected chi connectivity index (χ0v) is 14.6. The van der Waals surface area contributed by atoms with Gasteiger partial charge in [-0.2, -0.15) is 0 Å². The first-order valence-electron chi connectivity index (χ1n) is 7.34. The number of nitrogens with zero attached hydrogens (tertiary/aromatic N) is 2. The van der Waals surface area contributed by atoms with Crippen LogP contribution in [0.3, 0.4) is 0 Å². The Hall–Kier alpha value is -1.51. The van der Waals surface area contributed by atoms with Gasteiger partial charge in [-0.3, -0.25) is 4.79 Å². The average Bonchev–Trinajstić information content (AvgIpc) is 2.44. The van der Waals surface area contributed by atoms with Crippen LogP contribution in [0, 0.1) is 5.82 Å². The van der Waals surface area contributed by atoms with E-state index in [1.165, 1.54) is 22.5 Å². The van der Waals surface area contributed by atoms with Crippen LogP contribution in [0.2, 0.25) is 0 Å². The van der Waals surface area contributed by atoms with Gasteiger partial charge in [0.15, 0.2) is 0 Å². The molecular weight excluding hydrogens is 321 g/mol. The monoisotopic (exact) mass is 345 g/mol. The second kappa shape index (κ2) is 8.95. The van der Waals surface area contributed by atoms with Crippen molar-refractivity contribution in [2.75, 3.05) is 46.5 Å². The predicted octanol–water partition coefficient (Wildman–Crippen LogP) is 0.769. The van der Waals surface area contributed by atoms with Crippen LogP contribution in [-0.2, 0) is 10.0 Å². The van der Waals surface area contributed by atoms with Crippen LogP contribution in [0.4, 0.5) is 4.39 Å². The first-order chi connectivity index (χ1) is 10.7. The second-order valence-corrected chi connectivity index (χ2v) is 7.57. The van der Waals surface area contributed by atoms with Gasteiger partial charge in [-0.25, -0.2) is 17.1 Å². The van der Waals surface area contributed by atoms with Crippen molar-refractivity contribution in [2.24, 2.45) is 0 Å². The normalized spacial score (nSPS) is 11.9. The van der Waals surface area contributed by atoms with Crippen LogP contribution < -0.4 is 5.32 Å². The summed E-state index contributed by atoms with van der Waals surface area (Å²) in [6, 6.07) is 5.35. The third-order valence-electron chi connectivity index (χ3n) is 3.22. The van der Waals surface area contributed by atoms with E-state index in [1.54, 1.807) is 0 Å². The highest BCUT2D eigenvalue weighted by Gasteiger charge is 2.16. The molecule has 130 valence electrons. The molecule has 1 N–H and O–H groups in total. The van der Waals surface area contributed by atoms with Gasteiger partial charge in [-0.05, 0) is 45.3 Å². The molecule has 0 aliphatic heterocycles. The van der Waals surface area contributed by atoms with Gasteiger partial charge in [0, 0.05) is 25.2 Å². The number of hydrogen-bond donors (Lipinski definition) is 1. The topological polar surface area (TPSA) is 69.7 Å². The van der Waals surface area contributed by atoms with E-state index in [9.17, 15) is 17.6 Å². The molecule has 1 aromatic rings. The van der Waals surface area contributed by atoms with Crippen molar-refractivity contribution in [1.29, 1.82) is 0 Å². The Bertz CT molecular complexity index is 620. The van der Waals surface area contributed by atoms with Gasteiger partial charge >= 0.3 is 0 Å². The Morgan fingerprint density at radius 3 is 2.48 bits per heavy atom. The molecule has 0 bridgehead atoms. The lowest BCUT2D eigenvalue weighted by atomic mass is 10.2. The molecule has 0 heterocycles. The Kier molecular flexibility index (Phi) is 7.60. The Morgan fingerprint density at radius 1 is 1.22 bits per heavy atom. The third-order valence-corrected chi connectivity index (χ3v) is 4.52. The summed E-state index contributed by atoms with van der Waals surface area (Å²) in [5.74, 6) is -0.912. The molecule has 1 aromatic carbocycles. The lowest BCUT2D eigenvalue weighted by Gasteiger charge is -2.21. The fourth-order valence-corrected chi connectivity index (χ4v) is 2.92. The highest BCUT2D eigenvalue weighted by Crippen LogP contribution is 2.03. The van der Waals surface area contributed by atoms with Crippen molar-refractivity contribution in [3.63, 3.8) is 0 Å². The van der Waals surface area contributed by atoms with Crippen LogP contribution in [0.5, 0.6) is 0 Å². The van der Waals surface area contributed by atoms with Crippen LogP contribution in [0.25, 0.3) is 0 Å². The molecule has 1 rings (SSSR count). The Balaban J connectivity index is 2.50. The summed E-state index contributed by atoms with van der Waals surface area (Å²) in [5, 5.41) is 2.61. The summed E-state index contributed by atoms with van der Waals surface area (Å²) < 4.78 is 37.9. The van der Waals surface area contributed by atoms with Crippen LogP contribution in [-0.4, -0.2) is 70.1 Å². The average molecular weight is 345 g/mol. The van der Waals surface area contributed by atoms with E-state index >= 15 is 0 Å². The fraction of sp³-hybridized carbons (Fsp3) is 0.533. The number of hydrogen-bond acceptors (Lipinski definition) is 4. The Morgan fingerprint density at radius 2 is 1.91 bits per heavy atom. The molecule has 0 atom stereocenters. The number of rotatable bonds is 9. The SMILES string of the molecule is CN(C)CCCN(CCNC(=O)c1cccc(F)c1)S(C)(=O)=O. The highest BCUT2D eigenvalue weighted by atomic mass is 32.2. The first kappa shape index (κ1) is 19.5. The van der Waals surface area contributed by atoms with E-state index in [4.69, 9.17) is 0 Å². The summed E-state index contributed by atoms with van der Waals surface area (Å²) in [7, 11) is 0.513. The molecule has 0 fully saturated rings. The van der Waals surface area contributed by atoms with Gasteiger partial charge in [0.25, 0.3) is 5.91 Å². The zero-order valence-electron chi connectivity index (χ0n) is 13.8. The lowest BCUT2D eigenvalue weighted by molar-refractivity contribution is 0.0951. The van der Waals surface area contributed by atoms with Crippen molar-refractivity contribution in [3.8, 4) is 0 Å². The lowest BCUT2D eigenvalue weighted by Crippen LogP contribution is -2.39. The van der Waals surface area contributed by atoms with E-state index in [1.807, 2.05) is 19.0 Å². The summed E-state index contributed by atoms with van der Waals surface area (Å²) >= 11 is 0. The molecule has 8 heteroatoms. The maximum absolute atomic E-state index is 13.1. The molecule has 0 spiro atoms. The van der Waals surface area contributed by atoms with Crippen molar-refractivity contribution < 1.29 is 17.6 Å². The Labute approximate surface area is 137 Å². The number of sulfonamides is 1. The smallest absolute Gasteiger partial charge is 0.251 e. The fourth-order valence-electron chi connectivity index (χ4n) is 2.03. The minimum absolute atomic E-state index is 0.171. The van der Waals surface area contributed by atoms with Gasteiger partial charge in [-0.1, -0.05) is 6.07 Å². The standard InChI is InChI=1S/C15H24FN3O3S/c1-18(2)9-5-10-19(23(3,21)22)11-8-17-15(20)13-6-4-7-14(16)12-13/h4,6-7,12H,5,8-11H2,1-3H3,(H,17,20). The number of benzene rings is 1. The summed E-state index contributed by atoms with van der Waals surface area (Å²) in [4.78, 5) is 13.9. The molecule has 0 saturated heterocycles. The van der Waals surface area contributed by atoms with Gasteiger partial charge < -0.3 is 10.2 Å². The van der Waals surface area contributed by atoms with Gasteiger partial charge in [0.2, 0.25) is 10.0 Å². The molecule has 0 aliphatic carbocycles. The van der Waals surface area contributed by atoms with E-state index in [0.717, 1.165) is 18.9 Å². The maximum atomic E-state index is 13.1. The third kappa shape index (κ3) is 7.54. The summed E-state index contributed by atoms with van der Waals surface area (Å²) in [5.41, 5.74) is 0.212. The number of carbonyl (C=O) groups is 1. The van der Waals surface area contributed by atoms with Gasteiger partial charge in [0.1, 0.15) is 5.82 Å². The minimum Gasteiger partial charge on any atom is -0.351 e. The molecule has 0 unspecified atom stereocenters. The largest absolute Gasteiger partial charge is 0.351 e. The number of carbonyl (C=O) groups excluding carboxylic acids is 1. The van der Waals surface area contributed by atoms with Crippen LogP contribution in [0.15, 0.2) is 24.3 Å². The highest BCUT2D eigenvalue weighted by molar-refractivity contribution is 7.88. The van der Waals surface area contributed by atoms with Gasteiger partial charge in [0.05, 0.1) is 6.26 Å². The van der Waals surface area contributed by atoms with Gasteiger partial charge in [-0.15, -0.1) is 0 Å². The maximum Gasteiger partial charge on any atom is 0.251 e. The number of halogens is 1. The number of nitrogens with one attached hydrogen (secondary N) is 1. The molecule has 1 amide bonds. The first-order valence-corrected chi connectivity index (χ1v) is 9.18. The van der Waals surface area contributed by atoms with E-state index in [0.29, 0.717) is 13.0 Å². The minimum atomic E-state index is -3.33. The van der Waals surface area contributed by atoms with Crippen molar-refractivity contribution in [1.82, 2.24) is 14.5 Å². The van der Waals surface area contributed by atoms with Crippen LogP contribution in [0.1, 0.15) is 16.8 Å². The van der Waals surface area contributed by atoms with Crippen LogP contribution >= 0.6 is 0 Å². The van der Waals surface area contributed by atoms with Crippen molar-refractivity contribution in [3.05, 3.63) is 35.6 Å². The molecule has 0 radical (unpaired) electrons. The van der Waals surface area contributed by atoms with Crippen molar-refractivity contribution >= 4 is 15.9 Å². The van der Waals surface area contributed by atoms with E-state index in [-0.39, 0.29) is 18.7 Å². The summed E-state index contributed by atoms with van der Waals surface area (Å²) in [6.07, 6.45) is 1.86. The molecule has 6 nitrogen and oxygen atoms in total. The molecule has 0 aliphatic rings. The molecule has 23 heavy (non-hydrogen) atoms. The number of amides is 1. The predicted molar refractivity (Wildman–Crippen MR) is 88.3 cm³/mol. The van der Waals surface area contributed by atoms with E-state index < -0.39 is 21.7 Å². The van der Waals surface area contributed by atoms with E-state index in [2.05, 4.69) is 5.32 Å². The quantitative estimate of drug-likeness (QED) is 0.718. The zero-order chi connectivity index (χ0) is 17.5. The summed E-state index contributed by atoms with van der Waals surface area (Å²) in [6.45, 7) is 1.53. The molecular formula is C15H24FN3O3S. The second-order valence-electron chi connectivity index (χ2n) is 5.59. The molecule has 0 aromatic heterocycles. The molecule has 0 saturated carbocycles. The van der Waals surface area contributed by atoms with Crippen molar-refractivity contribution in [2.45, 2.75) is 6.42 Å².